The van der Waals surface area contributed by atoms with E-state index >= 15 is 0 Å². The minimum absolute atomic E-state index is 0.235. The zero-order valence-corrected chi connectivity index (χ0v) is 9.52. The number of benzene rings is 1. The number of fused-ring (bicyclic) bond motifs is 1. The maximum Gasteiger partial charge on any atom is 0.153 e. The van der Waals surface area contributed by atoms with Crippen LogP contribution in [0.1, 0.15) is 11.5 Å². The van der Waals surface area contributed by atoms with E-state index in [1.807, 2.05) is 16.4 Å². The van der Waals surface area contributed by atoms with Crippen LogP contribution in [-0.2, 0) is 6.54 Å². The Hall–Kier alpha value is -1.42. The van der Waals surface area contributed by atoms with Crippen molar-refractivity contribution in [1.29, 1.82) is 0 Å². The van der Waals surface area contributed by atoms with Crippen molar-refractivity contribution in [2.24, 2.45) is 0 Å². The molecule has 1 aliphatic rings. The van der Waals surface area contributed by atoms with Crippen molar-refractivity contribution in [3.05, 3.63) is 42.2 Å². The minimum atomic E-state index is 0.235. The second-order valence-corrected chi connectivity index (χ2v) is 5.03. The van der Waals surface area contributed by atoms with Crippen LogP contribution >= 0.6 is 11.8 Å². The van der Waals surface area contributed by atoms with E-state index in [4.69, 9.17) is 0 Å². The molecule has 0 saturated heterocycles. The van der Waals surface area contributed by atoms with Gasteiger partial charge in [0.2, 0.25) is 0 Å². The lowest BCUT2D eigenvalue weighted by Crippen LogP contribution is -2.08. The Morgan fingerprint density at radius 3 is 3.12 bits per heavy atom. The van der Waals surface area contributed by atoms with E-state index in [-0.39, 0.29) is 5.75 Å². The van der Waals surface area contributed by atoms with Crippen LogP contribution in [0, 0.1) is 0 Å². The first-order valence-electron chi connectivity index (χ1n) is 5.26. The Kier molecular flexibility index (Phi) is 2.36. The van der Waals surface area contributed by atoms with Gasteiger partial charge in [-0.15, -0.1) is 11.8 Å². The zero-order chi connectivity index (χ0) is 11.0. The molecular formula is C12H12N2OS. The van der Waals surface area contributed by atoms with Gasteiger partial charge in [-0.1, -0.05) is 18.2 Å². The highest BCUT2D eigenvalue weighted by atomic mass is 32.2. The molecule has 3 nitrogen and oxygen atoms in total. The maximum absolute atomic E-state index is 9.23. The molecule has 1 N–H and O–H groups in total. The maximum atomic E-state index is 9.23. The van der Waals surface area contributed by atoms with E-state index in [9.17, 15) is 5.11 Å². The third-order valence-electron chi connectivity index (χ3n) is 2.83. The molecule has 0 saturated carbocycles. The third-order valence-corrected chi connectivity index (χ3v) is 4.08. The molecule has 1 aromatic carbocycles. The molecule has 2 aromatic rings. The summed E-state index contributed by atoms with van der Waals surface area (Å²) < 4.78 is 1.81. The first-order chi connectivity index (χ1) is 7.83. The second-order valence-electron chi connectivity index (χ2n) is 3.97. The van der Waals surface area contributed by atoms with Gasteiger partial charge in [-0.05, 0) is 11.6 Å². The van der Waals surface area contributed by atoms with Crippen LogP contribution in [0.5, 0.6) is 5.75 Å². The summed E-state index contributed by atoms with van der Waals surface area (Å²) in [4.78, 5) is 1.38. The summed E-state index contributed by atoms with van der Waals surface area (Å²) in [5.41, 5.74) is 1.41. The zero-order valence-electron chi connectivity index (χ0n) is 8.71. The first-order valence-corrected chi connectivity index (χ1v) is 6.24. The molecule has 1 atom stereocenters. The van der Waals surface area contributed by atoms with Crippen LogP contribution in [0.3, 0.4) is 0 Å². The number of thioether (sulfide) groups is 1. The number of hydrogen-bond donors (Lipinski definition) is 1. The Morgan fingerprint density at radius 2 is 2.31 bits per heavy atom. The molecule has 0 bridgehead atoms. The quantitative estimate of drug-likeness (QED) is 0.864. The Balaban J connectivity index is 1.83. The molecule has 0 spiro atoms. The summed E-state index contributed by atoms with van der Waals surface area (Å²) in [6.45, 7) is 0.838. The Morgan fingerprint density at radius 1 is 1.44 bits per heavy atom. The van der Waals surface area contributed by atoms with Crippen molar-refractivity contribution in [2.45, 2.75) is 17.4 Å². The molecular weight excluding hydrogens is 220 g/mol. The van der Waals surface area contributed by atoms with E-state index in [1.54, 1.807) is 6.20 Å². The van der Waals surface area contributed by atoms with Gasteiger partial charge >= 0.3 is 0 Å². The highest BCUT2D eigenvalue weighted by molar-refractivity contribution is 7.99. The fourth-order valence-corrected chi connectivity index (χ4v) is 3.30. The molecule has 3 rings (SSSR count). The molecule has 1 aromatic heterocycles. The van der Waals surface area contributed by atoms with E-state index in [1.165, 1.54) is 16.7 Å². The summed E-state index contributed by atoms with van der Waals surface area (Å²) in [5.74, 6) is 1.83. The molecule has 0 amide bonds. The number of hydrogen-bond acceptors (Lipinski definition) is 3. The van der Waals surface area contributed by atoms with Crippen LogP contribution < -0.4 is 0 Å². The topological polar surface area (TPSA) is 38.1 Å². The van der Waals surface area contributed by atoms with Crippen LogP contribution in [0.2, 0.25) is 0 Å². The van der Waals surface area contributed by atoms with E-state index < -0.39 is 0 Å². The van der Waals surface area contributed by atoms with Crippen LogP contribution in [0.25, 0.3) is 0 Å². The predicted octanol–water partition coefficient (Wildman–Crippen LogP) is 2.48. The average molecular weight is 232 g/mol. The van der Waals surface area contributed by atoms with Crippen molar-refractivity contribution in [2.75, 3.05) is 5.75 Å². The van der Waals surface area contributed by atoms with Crippen molar-refractivity contribution >= 4 is 11.8 Å². The molecule has 2 heterocycles. The van der Waals surface area contributed by atoms with Crippen molar-refractivity contribution in [1.82, 2.24) is 9.78 Å². The summed E-state index contributed by atoms with van der Waals surface area (Å²) in [7, 11) is 0. The van der Waals surface area contributed by atoms with Gasteiger partial charge in [0.25, 0.3) is 0 Å². The molecule has 82 valence electrons. The van der Waals surface area contributed by atoms with Gasteiger partial charge in [-0.3, -0.25) is 4.68 Å². The largest absolute Gasteiger partial charge is 0.505 e. The first kappa shape index (κ1) is 9.78. The van der Waals surface area contributed by atoms with Gasteiger partial charge in [0.05, 0.1) is 12.4 Å². The molecule has 1 unspecified atom stereocenters. The van der Waals surface area contributed by atoms with Gasteiger partial charge in [-0.25, -0.2) is 0 Å². The molecule has 4 heteroatoms. The number of aromatic nitrogens is 2. The molecule has 1 aliphatic heterocycles. The number of aromatic hydroxyl groups is 1. The summed E-state index contributed by atoms with van der Waals surface area (Å²) >= 11 is 1.90. The number of nitrogens with zero attached hydrogens (tertiary/aromatic N) is 2. The van der Waals surface area contributed by atoms with Gasteiger partial charge in [0, 0.05) is 23.1 Å². The van der Waals surface area contributed by atoms with Crippen molar-refractivity contribution in [3.63, 3.8) is 0 Å². The summed E-state index contributed by atoms with van der Waals surface area (Å²) in [5, 5.41) is 13.3. The molecule has 0 radical (unpaired) electrons. The lowest BCUT2D eigenvalue weighted by atomic mass is 10.0. The van der Waals surface area contributed by atoms with Crippen molar-refractivity contribution in [3.8, 4) is 5.75 Å². The fraction of sp³-hybridized carbons (Fsp3) is 0.250. The van der Waals surface area contributed by atoms with Gasteiger partial charge in [-0.2, -0.15) is 5.10 Å². The molecule has 16 heavy (non-hydrogen) atoms. The lowest BCUT2D eigenvalue weighted by Gasteiger charge is -2.10. The van der Waals surface area contributed by atoms with E-state index in [0.717, 1.165) is 12.3 Å². The van der Waals surface area contributed by atoms with E-state index in [0.29, 0.717) is 5.92 Å². The predicted molar refractivity (Wildman–Crippen MR) is 63.8 cm³/mol. The molecule has 0 aliphatic carbocycles. The third kappa shape index (κ3) is 1.69. The van der Waals surface area contributed by atoms with Gasteiger partial charge < -0.3 is 5.11 Å². The van der Waals surface area contributed by atoms with Crippen LogP contribution in [0.15, 0.2) is 41.6 Å². The van der Waals surface area contributed by atoms with Gasteiger partial charge in [0.15, 0.2) is 5.75 Å². The van der Waals surface area contributed by atoms with Crippen LogP contribution in [-0.4, -0.2) is 20.6 Å². The lowest BCUT2D eigenvalue weighted by molar-refractivity contribution is 0.472. The van der Waals surface area contributed by atoms with Crippen molar-refractivity contribution < 1.29 is 5.11 Å². The SMILES string of the molecule is Oc1cnn(CC2CSc3ccccc32)c1. The van der Waals surface area contributed by atoms with Gasteiger partial charge in [0.1, 0.15) is 0 Å². The Labute approximate surface area is 98.1 Å². The average Bonchev–Trinajstić information content (AvgIpc) is 2.87. The van der Waals surface area contributed by atoms with Crippen LogP contribution in [0.4, 0.5) is 0 Å². The Bertz CT molecular complexity index is 509. The summed E-state index contributed by atoms with van der Waals surface area (Å²) in [6, 6.07) is 8.51. The minimum Gasteiger partial charge on any atom is -0.505 e. The second kappa shape index (κ2) is 3.87. The highest BCUT2D eigenvalue weighted by Crippen LogP contribution is 2.39. The highest BCUT2D eigenvalue weighted by Gasteiger charge is 2.23. The normalized spacial score (nSPS) is 18.6. The smallest absolute Gasteiger partial charge is 0.153 e. The monoisotopic (exact) mass is 232 g/mol. The van der Waals surface area contributed by atoms with E-state index in [2.05, 4.69) is 29.4 Å². The standard InChI is InChI=1S/C12H12N2OS/c15-10-5-13-14(7-10)6-9-8-16-12-4-2-1-3-11(9)12/h1-5,7,9,15H,6,8H2. The number of rotatable bonds is 2. The summed E-state index contributed by atoms with van der Waals surface area (Å²) in [6.07, 6.45) is 3.15. The molecule has 0 fully saturated rings. The fourth-order valence-electron chi connectivity index (χ4n) is 2.06.